The van der Waals surface area contributed by atoms with Gasteiger partial charge in [0.1, 0.15) is 0 Å². The molecule has 0 N–H and O–H groups in total. The molecule has 0 bridgehead atoms. The van der Waals surface area contributed by atoms with Gasteiger partial charge in [-0.3, -0.25) is 0 Å². The first-order chi connectivity index (χ1) is 8.47. The van der Waals surface area contributed by atoms with E-state index in [-0.39, 0.29) is 47.0 Å². The van der Waals surface area contributed by atoms with Crippen molar-refractivity contribution in [1.82, 2.24) is 0 Å². The van der Waals surface area contributed by atoms with E-state index in [0.29, 0.717) is 6.42 Å². The van der Waals surface area contributed by atoms with Gasteiger partial charge in [0.2, 0.25) is 0 Å². The summed E-state index contributed by atoms with van der Waals surface area (Å²) in [5, 5.41) is 0. The van der Waals surface area contributed by atoms with Gasteiger partial charge in [0.05, 0.1) is 0 Å². The molecule has 0 fully saturated rings. The molecule has 0 saturated heterocycles. The Labute approximate surface area is 153 Å². The van der Waals surface area contributed by atoms with Crippen molar-refractivity contribution < 1.29 is 55.2 Å². The van der Waals surface area contributed by atoms with Crippen LogP contribution >= 0.6 is 7.60 Å². The Morgan fingerprint density at radius 1 is 0.842 bits per heavy atom. The summed E-state index contributed by atoms with van der Waals surface area (Å²) in [6, 6.07) is 0. The van der Waals surface area contributed by atoms with Crippen molar-refractivity contribution in [2.24, 2.45) is 0 Å². The first-order valence-electron chi connectivity index (χ1n) is 7.28. The van der Waals surface area contributed by atoms with Crippen LogP contribution < -0.4 is 9.79 Å². The molecule has 0 unspecified atom stereocenters. The molecule has 0 aromatic carbocycles. The third kappa shape index (κ3) is 32.8. The Morgan fingerprint density at radius 3 is 1.63 bits per heavy atom. The first-order valence-corrected chi connectivity index (χ1v) is 9.01. The molecule has 0 aromatic heterocycles. The van der Waals surface area contributed by atoms with Gasteiger partial charge >= 0.3 is 40.8 Å². The summed E-state index contributed by atoms with van der Waals surface area (Å²) in [6.07, 6.45) is 11.0. The van der Waals surface area contributed by atoms with Gasteiger partial charge in [-0.15, -0.1) is 0 Å². The molecular weight excluding hydrogens is 391 g/mol. The molecule has 3 nitrogen and oxygen atoms in total. The first kappa shape index (κ1) is 25.5. The molecule has 0 aromatic rings. The smallest absolute Gasteiger partial charge is 0.811 e. The van der Waals surface area contributed by atoms with Gasteiger partial charge in [0.15, 0.2) is 0 Å². The largest absolute Gasteiger partial charge is 3.00 e. The molecule has 1 radical (unpaired) electrons. The summed E-state index contributed by atoms with van der Waals surface area (Å²) in [7, 11) is -4.21. The van der Waals surface area contributed by atoms with Gasteiger partial charge in [0.25, 0.3) is 0 Å². The fourth-order valence-electron chi connectivity index (χ4n) is 1.51. The minimum Gasteiger partial charge on any atom is -0.811 e. The van der Waals surface area contributed by atoms with Crippen LogP contribution in [0.4, 0.5) is 0 Å². The summed E-state index contributed by atoms with van der Waals surface area (Å²) in [6.45, 7) is 8.07. The molecule has 0 atom stereocenters. The predicted octanol–water partition coefficient (Wildman–Crippen LogP) is 3.66. The van der Waals surface area contributed by atoms with E-state index in [0.717, 1.165) is 32.1 Å². The monoisotopic (exact) mass is 419 g/mol. The molecule has 0 heterocycles. The van der Waals surface area contributed by atoms with Crippen molar-refractivity contribution in [1.29, 1.82) is 0 Å². The Bertz CT molecular complexity index is 191. The zero-order valence-corrected chi connectivity index (χ0v) is 16.8. The van der Waals surface area contributed by atoms with Crippen LogP contribution in [0.3, 0.4) is 0 Å². The predicted molar refractivity (Wildman–Crippen MR) is 75.3 cm³/mol. The van der Waals surface area contributed by atoms with Crippen LogP contribution in [0.15, 0.2) is 0 Å². The van der Waals surface area contributed by atoms with Gasteiger partial charge < -0.3 is 21.3 Å². The normalized spacial score (nSPS) is 10.4. The van der Waals surface area contributed by atoms with Gasteiger partial charge in [-0.1, -0.05) is 72.8 Å². The molecule has 0 saturated carbocycles. The molecule has 0 aliphatic heterocycles. The molecule has 0 spiro atoms. The second-order valence-electron chi connectivity index (χ2n) is 4.66. The molecule has 0 aliphatic rings. The van der Waals surface area contributed by atoms with Crippen LogP contribution in [0.25, 0.3) is 0 Å². The maximum Gasteiger partial charge on any atom is 3.00 e. The van der Waals surface area contributed by atoms with Crippen molar-refractivity contribution in [3.8, 4) is 0 Å². The molecule has 0 aliphatic carbocycles. The minimum atomic E-state index is -4.21. The van der Waals surface area contributed by atoms with Crippen molar-refractivity contribution in [3.05, 3.63) is 6.92 Å². The van der Waals surface area contributed by atoms with Crippen LogP contribution in [0.1, 0.15) is 78.1 Å². The van der Waals surface area contributed by atoms with Crippen LogP contribution in [-0.4, -0.2) is 6.16 Å². The molecule has 19 heavy (non-hydrogen) atoms. The van der Waals surface area contributed by atoms with Gasteiger partial charge in [-0.2, -0.15) is 6.42 Å². The van der Waals surface area contributed by atoms with E-state index in [2.05, 4.69) is 20.8 Å². The van der Waals surface area contributed by atoms with E-state index in [1.165, 1.54) is 25.7 Å². The third-order valence-electron chi connectivity index (χ3n) is 2.64. The van der Waals surface area contributed by atoms with Gasteiger partial charge in [-0.05, 0) is 12.6 Å². The Hall–Kier alpha value is 1.50. The molecule has 0 rings (SSSR count). The van der Waals surface area contributed by atoms with E-state index in [4.69, 9.17) is 0 Å². The fraction of sp³-hybridized carbons (Fsp3) is 0.929. The van der Waals surface area contributed by atoms with E-state index >= 15 is 0 Å². The van der Waals surface area contributed by atoms with Crippen LogP contribution in [0.2, 0.25) is 0 Å². The van der Waals surface area contributed by atoms with Crippen LogP contribution in [0.5, 0.6) is 0 Å². The number of rotatable bonds is 10. The molecule has 113 valence electrons. The fourth-order valence-corrected chi connectivity index (χ4v) is 2.12. The zero-order valence-electron chi connectivity index (χ0n) is 12.7. The van der Waals surface area contributed by atoms with Crippen molar-refractivity contribution in [2.75, 3.05) is 6.16 Å². The van der Waals surface area contributed by atoms with Crippen molar-refractivity contribution in [3.63, 3.8) is 0 Å². The Morgan fingerprint density at radius 2 is 1.26 bits per heavy atom. The zero-order chi connectivity index (χ0) is 14.3. The Kier molecular flexibility index (Phi) is 26.1. The molecule has 0 amide bonds. The van der Waals surface area contributed by atoms with E-state index < -0.39 is 7.60 Å². The summed E-state index contributed by atoms with van der Waals surface area (Å²) < 4.78 is 10.1. The van der Waals surface area contributed by atoms with E-state index in [1.807, 2.05) is 0 Å². The standard InChI is InChI=1S/C7H17O3P.C7H15.Nd/c1-2-3-4-5-6-7-11(8,9)10;1-3-5-7-6-4-2;/h2-7H2,1H3,(H2,8,9,10);1,3-7H2,2H3;/q;-1;+3/p-2. The number of hydrogen-bond acceptors (Lipinski definition) is 3. The SMILES string of the molecule is CCCCCCCP(=O)([O-])[O-].[CH2-]CCCCCC.[Nd+3]. The summed E-state index contributed by atoms with van der Waals surface area (Å²) in [4.78, 5) is 20.3. The summed E-state index contributed by atoms with van der Waals surface area (Å²) >= 11 is 0. The van der Waals surface area contributed by atoms with Crippen LogP contribution in [0, 0.1) is 47.8 Å². The Balaban J connectivity index is -0.000000280. The minimum absolute atomic E-state index is 0. The van der Waals surface area contributed by atoms with Crippen molar-refractivity contribution in [2.45, 2.75) is 78.1 Å². The molecule has 5 heteroatoms. The summed E-state index contributed by atoms with van der Waals surface area (Å²) in [5.74, 6) is 0. The van der Waals surface area contributed by atoms with E-state index in [1.54, 1.807) is 0 Å². The van der Waals surface area contributed by atoms with E-state index in [9.17, 15) is 14.4 Å². The number of hydrogen-bond donors (Lipinski definition) is 0. The van der Waals surface area contributed by atoms with Gasteiger partial charge in [0, 0.05) is 0 Å². The van der Waals surface area contributed by atoms with Crippen molar-refractivity contribution >= 4 is 7.60 Å². The number of unbranched alkanes of at least 4 members (excludes halogenated alkanes) is 8. The summed E-state index contributed by atoms with van der Waals surface area (Å²) in [5.41, 5.74) is 0. The van der Waals surface area contributed by atoms with Crippen LogP contribution in [-0.2, 0) is 4.57 Å². The average molecular weight is 422 g/mol. The average Bonchev–Trinajstić information content (AvgIpc) is 2.29. The topological polar surface area (TPSA) is 63.2 Å². The molecular formula is C14H30NdO3P. The second kappa shape index (κ2) is 19.5. The maximum atomic E-state index is 10.1. The second-order valence-corrected chi connectivity index (χ2v) is 6.33. The quantitative estimate of drug-likeness (QED) is 0.307. The van der Waals surface area contributed by atoms with Gasteiger partial charge in [-0.25, -0.2) is 0 Å². The third-order valence-corrected chi connectivity index (χ3v) is 3.50. The maximum absolute atomic E-state index is 10.1.